The van der Waals surface area contributed by atoms with Crippen LogP contribution in [0.5, 0.6) is 11.5 Å². The molecule has 3 N–H and O–H groups in total. The van der Waals surface area contributed by atoms with Crippen molar-refractivity contribution in [1.82, 2.24) is 0 Å². The molecule has 1 aliphatic heterocycles. The van der Waals surface area contributed by atoms with Gasteiger partial charge in [0.2, 0.25) is 5.90 Å². The molecule has 1 heterocycles. The van der Waals surface area contributed by atoms with Crippen LogP contribution in [0.3, 0.4) is 0 Å². The van der Waals surface area contributed by atoms with Gasteiger partial charge in [0.05, 0.1) is 11.0 Å². The van der Waals surface area contributed by atoms with Crippen molar-refractivity contribution >= 4 is 11.8 Å². The van der Waals surface area contributed by atoms with Crippen LogP contribution in [0.1, 0.15) is 33.4 Å². The first kappa shape index (κ1) is 25.0. The monoisotopic (exact) mass is 555 g/mol. The molecule has 2 aliphatic rings. The lowest BCUT2D eigenvalue weighted by Crippen LogP contribution is -2.43. The predicted molar refractivity (Wildman–Crippen MR) is 170 cm³/mol. The van der Waals surface area contributed by atoms with Crippen molar-refractivity contribution in [3.8, 4) is 33.8 Å². The number of fused-ring (bicyclic) bond motifs is 9. The Morgan fingerprint density at radius 2 is 1.09 bits per heavy atom. The zero-order chi connectivity index (χ0) is 29.0. The van der Waals surface area contributed by atoms with Gasteiger partial charge in [0.15, 0.2) is 0 Å². The van der Waals surface area contributed by atoms with E-state index in [9.17, 15) is 0 Å². The molecular formula is C39H27N2O2+. The largest absolute Gasteiger partial charge is 0.456 e. The lowest BCUT2D eigenvalue weighted by Gasteiger charge is -2.40. The van der Waals surface area contributed by atoms with Gasteiger partial charge in [-0.25, -0.2) is 5.41 Å². The van der Waals surface area contributed by atoms with Crippen LogP contribution < -0.4 is 10.1 Å². The van der Waals surface area contributed by atoms with Gasteiger partial charge in [-0.2, -0.15) is 0 Å². The number of nitrogens with one attached hydrogen (secondary N) is 1. The molecule has 0 fully saturated rings. The Labute approximate surface area is 249 Å². The molecule has 0 amide bonds. The molecule has 1 aliphatic carbocycles. The Kier molecular flexibility index (Phi) is 5.63. The van der Waals surface area contributed by atoms with Crippen molar-refractivity contribution in [3.05, 3.63) is 179 Å². The summed E-state index contributed by atoms with van der Waals surface area (Å²) in [7, 11) is 0. The molecule has 0 radical (unpaired) electrons. The van der Waals surface area contributed by atoms with Gasteiger partial charge in [0, 0.05) is 22.3 Å². The molecule has 4 nitrogen and oxygen atoms in total. The maximum Gasteiger partial charge on any atom is 0.373 e. The van der Waals surface area contributed by atoms with E-state index >= 15 is 0 Å². The minimum atomic E-state index is -0.503. The summed E-state index contributed by atoms with van der Waals surface area (Å²) in [4.78, 5) is 0. The number of rotatable bonds is 3. The zero-order valence-corrected chi connectivity index (χ0v) is 23.3. The summed E-state index contributed by atoms with van der Waals surface area (Å²) < 4.78 is 12.5. The highest BCUT2D eigenvalue weighted by atomic mass is 16.5. The maximum absolute atomic E-state index is 8.29. The minimum absolute atomic E-state index is 0.00814. The third-order valence-electron chi connectivity index (χ3n) is 8.60. The van der Waals surface area contributed by atoms with Gasteiger partial charge in [0.1, 0.15) is 11.5 Å². The van der Waals surface area contributed by atoms with Crippen LogP contribution in [-0.4, -0.2) is 11.8 Å². The van der Waals surface area contributed by atoms with Crippen molar-refractivity contribution in [2.24, 2.45) is 0 Å². The van der Waals surface area contributed by atoms with E-state index in [2.05, 4.69) is 84.9 Å². The molecule has 0 atom stereocenters. The fourth-order valence-corrected chi connectivity index (χ4v) is 6.74. The molecule has 0 unspecified atom stereocenters. The molecule has 8 rings (SSSR count). The highest BCUT2D eigenvalue weighted by Gasteiger charge is 2.51. The molecular weight excluding hydrogens is 528 g/mol. The highest BCUT2D eigenvalue weighted by Crippen LogP contribution is 2.63. The Balaban J connectivity index is 1.25. The summed E-state index contributed by atoms with van der Waals surface area (Å²) in [6.07, 6.45) is 0. The van der Waals surface area contributed by atoms with Crippen LogP contribution in [-0.2, 0) is 10.2 Å². The van der Waals surface area contributed by atoms with E-state index in [4.69, 9.17) is 20.3 Å². The lowest BCUT2D eigenvalue weighted by molar-refractivity contribution is -0.130. The average molecular weight is 556 g/mol. The Morgan fingerprint density at radius 3 is 1.79 bits per heavy atom. The molecule has 6 aromatic rings. The van der Waals surface area contributed by atoms with Crippen LogP contribution in [0.25, 0.3) is 22.3 Å². The van der Waals surface area contributed by atoms with Gasteiger partial charge in [-0.05, 0) is 58.1 Å². The quantitative estimate of drug-likeness (QED) is 0.177. The number of benzene rings is 6. The summed E-state index contributed by atoms with van der Waals surface area (Å²) in [6.45, 7) is 0. The second-order valence-electron chi connectivity index (χ2n) is 10.9. The van der Waals surface area contributed by atoms with E-state index in [0.29, 0.717) is 11.1 Å². The average Bonchev–Trinajstić information content (AvgIpc) is 3.36. The summed E-state index contributed by atoms with van der Waals surface area (Å²) in [5.74, 6) is 1.89. The van der Waals surface area contributed by atoms with E-state index in [-0.39, 0.29) is 11.8 Å². The number of hydrogen-bond donors (Lipinski definition) is 2. The van der Waals surface area contributed by atoms with E-state index in [1.165, 1.54) is 22.3 Å². The van der Waals surface area contributed by atoms with Crippen molar-refractivity contribution in [2.75, 3.05) is 0 Å². The van der Waals surface area contributed by atoms with Gasteiger partial charge in [0.25, 0.3) is 0 Å². The van der Waals surface area contributed by atoms with Crippen molar-refractivity contribution in [3.63, 3.8) is 0 Å². The molecule has 0 aromatic heterocycles. The van der Waals surface area contributed by atoms with Crippen molar-refractivity contribution in [2.45, 2.75) is 5.41 Å². The first-order chi connectivity index (χ1) is 21.2. The summed E-state index contributed by atoms with van der Waals surface area (Å²) in [5.41, 5.74) is 10.2. The van der Waals surface area contributed by atoms with Gasteiger partial charge >= 0.3 is 5.90 Å². The smallest absolute Gasteiger partial charge is 0.373 e. The summed E-state index contributed by atoms with van der Waals surface area (Å²) >= 11 is 0. The molecule has 204 valence electrons. The van der Waals surface area contributed by atoms with E-state index in [1.807, 2.05) is 60.7 Å². The third-order valence-corrected chi connectivity index (χ3v) is 8.60. The second kappa shape index (κ2) is 9.68. The highest BCUT2D eigenvalue weighted by molar-refractivity contribution is 6.03. The molecule has 0 bridgehead atoms. The van der Waals surface area contributed by atoms with Crippen molar-refractivity contribution in [1.29, 1.82) is 5.41 Å². The zero-order valence-electron chi connectivity index (χ0n) is 23.3. The van der Waals surface area contributed by atoms with Gasteiger partial charge < -0.3 is 9.47 Å². The van der Waals surface area contributed by atoms with E-state index < -0.39 is 5.41 Å². The molecule has 43 heavy (non-hydrogen) atoms. The van der Waals surface area contributed by atoms with Crippen LogP contribution in [0.4, 0.5) is 0 Å². The summed E-state index contributed by atoms with van der Waals surface area (Å²) in [5, 5.41) is 14.6. The standard InChI is InChI=1S/C39H26N2O2/c40-37(26-11-2-1-3-12-26)43-38(41)27-23-21-25(22-24-27)28-15-10-19-34-36(28)42-35-20-9-8-18-33(35)39(34)31-16-6-4-13-29(31)30-14-5-7-17-32(30)39/h1-24,40-41H/p+1. The molecule has 4 heteroatoms. The van der Waals surface area contributed by atoms with E-state index in [1.54, 1.807) is 0 Å². The number of para-hydroxylation sites is 2. The Bertz CT molecular complexity index is 2020. The lowest BCUT2D eigenvalue weighted by atomic mass is 9.65. The number of nitrogens with two attached hydrogens (primary N) is 1. The number of hydrogen-bond acceptors (Lipinski definition) is 3. The molecule has 6 aromatic carbocycles. The fraction of sp³-hybridized carbons (Fsp3) is 0.0256. The van der Waals surface area contributed by atoms with Crippen LogP contribution in [0.15, 0.2) is 146 Å². The maximum atomic E-state index is 8.29. The van der Waals surface area contributed by atoms with E-state index in [0.717, 1.165) is 33.8 Å². The van der Waals surface area contributed by atoms with Gasteiger partial charge in [-0.15, -0.1) is 0 Å². The summed E-state index contributed by atoms with van der Waals surface area (Å²) in [6, 6.07) is 49.5. The second-order valence-corrected chi connectivity index (χ2v) is 10.9. The first-order valence-electron chi connectivity index (χ1n) is 14.3. The van der Waals surface area contributed by atoms with Crippen LogP contribution in [0.2, 0.25) is 0 Å². The predicted octanol–water partition coefficient (Wildman–Crippen LogP) is 7.37. The normalized spacial score (nSPS) is 13.2. The minimum Gasteiger partial charge on any atom is -0.456 e. The number of ether oxygens (including phenoxy) is 2. The Morgan fingerprint density at radius 1 is 0.535 bits per heavy atom. The van der Waals surface area contributed by atoms with Gasteiger partial charge in [-0.1, -0.05) is 115 Å². The third kappa shape index (κ3) is 3.70. The molecule has 0 saturated carbocycles. The van der Waals surface area contributed by atoms with Crippen LogP contribution >= 0.6 is 0 Å². The topological polar surface area (TPSA) is 67.9 Å². The molecule has 0 saturated heterocycles. The fourth-order valence-electron chi connectivity index (χ4n) is 6.74. The molecule has 1 spiro atoms. The van der Waals surface area contributed by atoms with Crippen molar-refractivity contribution < 1.29 is 14.9 Å². The Hall–Kier alpha value is -5.74. The first-order valence-corrected chi connectivity index (χ1v) is 14.3. The van der Waals surface area contributed by atoms with Crippen LogP contribution in [0, 0.1) is 5.41 Å². The SMILES string of the molecule is N=C(OC(=[NH2+])c1ccc(-c2cccc3c2Oc2ccccc2C32c3ccccc3-c3ccccc32)cc1)c1ccccc1. The van der Waals surface area contributed by atoms with Gasteiger partial charge in [-0.3, -0.25) is 5.41 Å².